The molecule has 1 fully saturated rings. The highest BCUT2D eigenvalue weighted by atomic mass is 35.5. The van der Waals surface area contributed by atoms with Gasteiger partial charge in [-0.15, -0.1) is 0 Å². The van der Waals surface area contributed by atoms with Gasteiger partial charge in [0.15, 0.2) is 6.29 Å². The Bertz CT molecular complexity index is 849. The summed E-state index contributed by atoms with van der Waals surface area (Å²) in [5, 5.41) is 0.774. The minimum absolute atomic E-state index is 0.212. The van der Waals surface area contributed by atoms with Crippen LogP contribution in [0.1, 0.15) is 11.1 Å². The van der Waals surface area contributed by atoms with Crippen molar-refractivity contribution in [3.63, 3.8) is 0 Å². The Morgan fingerprint density at radius 2 is 1.77 bits per heavy atom. The fourth-order valence-electron chi connectivity index (χ4n) is 4.78. The van der Waals surface area contributed by atoms with Crippen LogP contribution in [0.4, 0.5) is 5.69 Å². The Labute approximate surface area is 184 Å². The largest absolute Gasteiger partial charge is 0.345 e. The third-order valence-electron chi connectivity index (χ3n) is 6.20. The molecule has 0 bridgehead atoms. The van der Waals surface area contributed by atoms with Gasteiger partial charge in [-0.3, -0.25) is 14.6 Å². The lowest BCUT2D eigenvalue weighted by Crippen LogP contribution is -2.59. The molecule has 0 radical (unpaired) electrons. The molecule has 0 saturated carbocycles. The van der Waals surface area contributed by atoms with E-state index in [9.17, 15) is 4.79 Å². The van der Waals surface area contributed by atoms with Crippen molar-refractivity contribution in [1.29, 1.82) is 0 Å². The fourth-order valence-corrected chi connectivity index (χ4v) is 4.90. The zero-order valence-corrected chi connectivity index (χ0v) is 18.6. The standard InChI is InChI=1S/C24H31ClN4O/c1-26(2)17-22-15-20-5-3-4-6-23(20)29(22)24(18-30)28-13-11-27(12-14-28)16-19-7-9-21(25)10-8-19/h3-10,18,22,24H,11-17H2,1-2H3/t22-,24?/m0/s1. The number of benzene rings is 2. The number of hydrogen-bond donors (Lipinski definition) is 0. The first-order chi connectivity index (χ1) is 14.5. The summed E-state index contributed by atoms with van der Waals surface area (Å²) in [5.41, 5.74) is 3.84. The maximum Gasteiger partial charge on any atom is 0.157 e. The van der Waals surface area contributed by atoms with Crippen LogP contribution < -0.4 is 4.90 Å². The van der Waals surface area contributed by atoms with E-state index in [1.165, 1.54) is 16.8 Å². The topological polar surface area (TPSA) is 30.0 Å². The van der Waals surface area contributed by atoms with E-state index in [2.05, 4.69) is 70.1 Å². The molecule has 6 heteroatoms. The highest BCUT2D eigenvalue weighted by Gasteiger charge is 2.37. The van der Waals surface area contributed by atoms with Crippen molar-refractivity contribution in [2.24, 2.45) is 0 Å². The fraction of sp³-hybridized carbons (Fsp3) is 0.458. The molecule has 0 N–H and O–H groups in total. The summed E-state index contributed by atoms with van der Waals surface area (Å²) in [4.78, 5) is 21.7. The molecule has 160 valence electrons. The van der Waals surface area contributed by atoms with Crippen molar-refractivity contribution in [3.8, 4) is 0 Å². The van der Waals surface area contributed by atoms with Crippen LogP contribution in [-0.2, 0) is 17.8 Å². The minimum Gasteiger partial charge on any atom is -0.345 e. The van der Waals surface area contributed by atoms with Gasteiger partial charge < -0.3 is 9.80 Å². The first-order valence-corrected chi connectivity index (χ1v) is 11.1. The van der Waals surface area contributed by atoms with E-state index in [1.807, 2.05) is 12.1 Å². The quantitative estimate of drug-likeness (QED) is 0.635. The van der Waals surface area contributed by atoms with Crippen LogP contribution in [-0.4, -0.2) is 80.0 Å². The van der Waals surface area contributed by atoms with Gasteiger partial charge in [-0.05, 0) is 49.8 Å². The molecule has 0 aliphatic carbocycles. The lowest BCUT2D eigenvalue weighted by atomic mass is 10.1. The Hall–Kier alpha value is -1.92. The number of aldehydes is 1. The van der Waals surface area contributed by atoms with E-state index in [4.69, 9.17) is 11.6 Å². The van der Waals surface area contributed by atoms with Gasteiger partial charge >= 0.3 is 0 Å². The molecular weight excluding hydrogens is 396 g/mol. The van der Waals surface area contributed by atoms with Crippen molar-refractivity contribution in [3.05, 3.63) is 64.7 Å². The molecule has 0 aromatic heterocycles. The van der Waals surface area contributed by atoms with E-state index in [0.717, 1.165) is 57.0 Å². The predicted molar refractivity (Wildman–Crippen MR) is 123 cm³/mol. The number of fused-ring (bicyclic) bond motifs is 1. The van der Waals surface area contributed by atoms with Crippen LogP contribution >= 0.6 is 11.6 Å². The number of carbonyl (C=O) groups excluding carboxylic acids is 1. The highest BCUT2D eigenvalue weighted by molar-refractivity contribution is 6.30. The second-order valence-corrected chi connectivity index (χ2v) is 9.08. The number of para-hydroxylation sites is 1. The highest BCUT2D eigenvalue weighted by Crippen LogP contribution is 2.34. The molecule has 1 unspecified atom stereocenters. The molecule has 30 heavy (non-hydrogen) atoms. The monoisotopic (exact) mass is 426 g/mol. The summed E-state index contributed by atoms with van der Waals surface area (Å²) in [6.07, 6.45) is 1.92. The van der Waals surface area contributed by atoms with E-state index in [1.54, 1.807) is 0 Å². The molecule has 4 rings (SSSR count). The second-order valence-electron chi connectivity index (χ2n) is 8.64. The van der Waals surface area contributed by atoms with E-state index >= 15 is 0 Å². The lowest BCUT2D eigenvalue weighted by Gasteiger charge is -2.43. The molecule has 1 saturated heterocycles. The summed E-state index contributed by atoms with van der Waals surface area (Å²) in [6.45, 7) is 5.57. The molecule has 2 aliphatic rings. The Kier molecular flexibility index (Phi) is 6.74. The summed E-state index contributed by atoms with van der Waals surface area (Å²) < 4.78 is 0. The van der Waals surface area contributed by atoms with Gasteiger partial charge in [0, 0.05) is 56.0 Å². The molecule has 5 nitrogen and oxygen atoms in total. The van der Waals surface area contributed by atoms with Gasteiger partial charge in [-0.1, -0.05) is 41.9 Å². The van der Waals surface area contributed by atoms with E-state index in [0.29, 0.717) is 6.04 Å². The second kappa shape index (κ2) is 9.48. The summed E-state index contributed by atoms with van der Waals surface area (Å²) >= 11 is 6.00. The molecule has 2 aliphatic heterocycles. The maximum absolute atomic E-state index is 12.3. The SMILES string of the molecule is CN(C)C[C@@H]1Cc2ccccc2N1C(C=O)N1CCN(Cc2ccc(Cl)cc2)CC1. The molecule has 2 aromatic carbocycles. The van der Waals surface area contributed by atoms with Gasteiger partial charge in [-0.2, -0.15) is 0 Å². The number of halogens is 1. The Balaban J connectivity index is 1.44. The van der Waals surface area contributed by atoms with Crippen LogP contribution in [0.2, 0.25) is 5.02 Å². The van der Waals surface area contributed by atoms with Crippen molar-refractivity contribution in [2.75, 3.05) is 51.7 Å². The number of rotatable bonds is 7. The first-order valence-electron chi connectivity index (χ1n) is 10.7. The van der Waals surface area contributed by atoms with Gasteiger partial charge in [0.2, 0.25) is 0 Å². The maximum atomic E-state index is 12.3. The van der Waals surface area contributed by atoms with Crippen molar-refractivity contribution >= 4 is 23.6 Å². The van der Waals surface area contributed by atoms with Crippen LogP contribution in [0.3, 0.4) is 0 Å². The first kappa shape index (κ1) is 21.3. The number of carbonyl (C=O) groups is 1. The van der Waals surface area contributed by atoms with Crippen molar-refractivity contribution in [2.45, 2.75) is 25.2 Å². The number of likely N-dealkylation sites (N-methyl/N-ethyl adjacent to an activating group) is 1. The summed E-state index contributed by atoms with van der Waals surface area (Å²) in [6, 6.07) is 16.9. The van der Waals surface area contributed by atoms with Crippen LogP contribution in [0.15, 0.2) is 48.5 Å². The van der Waals surface area contributed by atoms with Crippen LogP contribution in [0.25, 0.3) is 0 Å². The van der Waals surface area contributed by atoms with Gasteiger partial charge in [0.25, 0.3) is 0 Å². The van der Waals surface area contributed by atoms with Crippen LogP contribution in [0, 0.1) is 0 Å². The lowest BCUT2D eigenvalue weighted by molar-refractivity contribution is -0.113. The van der Waals surface area contributed by atoms with E-state index < -0.39 is 0 Å². The predicted octanol–water partition coefficient (Wildman–Crippen LogP) is 2.98. The number of hydrogen-bond acceptors (Lipinski definition) is 5. The van der Waals surface area contributed by atoms with Gasteiger partial charge in [0.1, 0.15) is 6.17 Å². The molecule has 0 amide bonds. The number of anilines is 1. The third-order valence-corrected chi connectivity index (χ3v) is 6.45. The molecular formula is C24H31ClN4O. The zero-order valence-electron chi connectivity index (χ0n) is 17.9. The number of piperazine rings is 1. The average Bonchev–Trinajstić information content (AvgIpc) is 3.09. The normalized spacial score (nSPS) is 21.1. The minimum atomic E-state index is -0.212. The van der Waals surface area contributed by atoms with Crippen LogP contribution in [0.5, 0.6) is 0 Å². The molecule has 2 atom stereocenters. The summed E-state index contributed by atoms with van der Waals surface area (Å²) in [7, 11) is 4.21. The molecule has 2 aromatic rings. The third kappa shape index (κ3) is 4.70. The van der Waals surface area contributed by atoms with Crippen molar-refractivity contribution < 1.29 is 4.79 Å². The van der Waals surface area contributed by atoms with Crippen molar-refractivity contribution in [1.82, 2.24) is 14.7 Å². The smallest absolute Gasteiger partial charge is 0.157 e. The average molecular weight is 427 g/mol. The van der Waals surface area contributed by atoms with Gasteiger partial charge in [0.05, 0.1) is 0 Å². The Morgan fingerprint density at radius 3 is 2.43 bits per heavy atom. The zero-order chi connectivity index (χ0) is 21.1. The van der Waals surface area contributed by atoms with Gasteiger partial charge in [-0.25, -0.2) is 0 Å². The van der Waals surface area contributed by atoms with E-state index in [-0.39, 0.29) is 6.17 Å². The molecule has 2 heterocycles. The number of nitrogens with zero attached hydrogens (tertiary/aromatic N) is 4. The Morgan fingerprint density at radius 1 is 1.07 bits per heavy atom. The molecule has 0 spiro atoms. The summed E-state index contributed by atoms with van der Waals surface area (Å²) in [5.74, 6) is 0.